The molecule has 0 bridgehead atoms. The van der Waals surface area contributed by atoms with Crippen molar-refractivity contribution < 1.29 is 19.4 Å². The van der Waals surface area contributed by atoms with Crippen LogP contribution in [0.25, 0.3) is 10.9 Å². The number of carbonyl (C=O) groups is 2. The zero-order chi connectivity index (χ0) is 26.2. The molecule has 1 unspecified atom stereocenters. The first-order chi connectivity index (χ1) is 17.9. The zero-order valence-corrected chi connectivity index (χ0v) is 20.0. The number of carboxylic acid groups (broad SMARTS) is 1. The number of benzene rings is 3. The predicted octanol–water partition coefficient (Wildman–Crippen LogP) is 3.60. The summed E-state index contributed by atoms with van der Waals surface area (Å²) in [7, 11) is 0. The lowest BCUT2D eigenvalue weighted by Crippen LogP contribution is -2.34. The first-order valence-electron chi connectivity index (χ1n) is 11.8. The van der Waals surface area contributed by atoms with E-state index in [-0.39, 0.29) is 29.6 Å². The number of aliphatic carboxylic acids is 1. The highest BCUT2D eigenvalue weighted by atomic mass is 16.5. The van der Waals surface area contributed by atoms with Gasteiger partial charge < -0.3 is 15.2 Å². The van der Waals surface area contributed by atoms with E-state index in [0.717, 1.165) is 21.8 Å². The molecule has 4 rings (SSSR count). The summed E-state index contributed by atoms with van der Waals surface area (Å²) in [6.45, 7) is -0.416. The number of para-hydroxylation sites is 1. The fraction of sp³-hybridized carbons (Fsp3) is 0.172. The lowest BCUT2D eigenvalue weighted by Gasteiger charge is -2.15. The van der Waals surface area contributed by atoms with E-state index in [1.807, 2.05) is 60.7 Å². The molecule has 2 N–H and O–H groups in total. The minimum Gasteiger partial charge on any atom is -0.480 e. The number of carbonyl (C=O) groups excluding carboxylic acids is 1. The van der Waals surface area contributed by atoms with Crippen LogP contribution in [0.2, 0.25) is 0 Å². The van der Waals surface area contributed by atoms with E-state index in [1.165, 1.54) is 0 Å². The summed E-state index contributed by atoms with van der Waals surface area (Å²) >= 11 is 0. The number of nitrogens with zero attached hydrogens (tertiary/aromatic N) is 1. The Bertz CT molecular complexity index is 1520. The third-order valence-electron chi connectivity index (χ3n) is 5.93. The maximum absolute atomic E-state index is 13.5. The van der Waals surface area contributed by atoms with Crippen molar-refractivity contribution in [2.75, 3.05) is 5.32 Å². The molecule has 0 aliphatic rings. The van der Waals surface area contributed by atoms with Crippen molar-refractivity contribution in [2.24, 2.45) is 0 Å². The molecule has 8 nitrogen and oxygen atoms in total. The minimum atomic E-state index is -1.16. The van der Waals surface area contributed by atoms with Crippen molar-refractivity contribution in [2.45, 2.75) is 32.0 Å². The van der Waals surface area contributed by atoms with E-state index in [1.54, 1.807) is 24.3 Å². The van der Waals surface area contributed by atoms with Gasteiger partial charge in [-0.25, -0.2) is 4.79 Å². The molecule has 0 saturated carbocycles. The molecule has 0 aliphatic heterocycles. The Kier molecular flexibility index (Phi) is 8.10. The first kappa shape index (κ1) is 25.4. The molecule has 3 aromatic carbocycles. The molecular weight excluding hydrogens is 472 g/mol. The molecule has 0 fully saturated rings. The number of carboxylic acids is 1. The van der Waals surface area contributed by atoms with Gasteiger partial charge in [0.05, 0.1) is 5.52 Å². The summed E-state index contributed by atoms with van der Waals surface area (Å²) in [5, 5.41) is 12.8. The van der Waals surface area contributed by atoms with E-state index in [9.17, 15) is 24.3 Å². The molecular formula is C29H26N2O6. The van der Waals surface area contributed by atoms with Crippen LogP contribution in [0.3, 0.4) is 0 Å². The third kappa shape index (κ3) is 6.49. The van der Waals surface area contributed by atoms with E-state index in [2.05, 4.69) is 5.32 Å². The van der Waals surface area contributed by atoms with Gasteiger partial charge in [-0.2, -0.15) is 0 Å². The van der Waals surface area contributed by atoms with Gasteiger partial charge in [0.25, 0.3) is 5.56 Å². The third-order valence-corrected chi connectivity index (χ3v) is 5.93. The van der Waals surface area contributed by atoms with Crippen LogP contribution in [0.4, 0.5) is 5.69 Å². The number of fused-ring (bicyclic) bond motifs is 1. The van der Waals surface area contributed by atoms with Gasteiger partial charge in [-0.15, -0.1) is 0 Å². The normalized spacial score (nSPS) is 11.6. The van der Waals surface area contributed by atoms with Crippen LogP contribution in [0.5, 0.6) is 0 Å². The van der Waals surface area contributed by atoms with Gasteiger partial charge in [0.1, 0.15) is 24.9 Å². The fourth-order valence-electron chi connectivity index (χ4n) is 4.02. The van der Waals surface area contributed by atoms with Crippen molar-refractivity contribution in [3.8, 4) is 0 Å². The highest BCUT2D eigenvalue weighted by Crippen LogP contribution is 2.13. The zero-order valence-electron chi connectivity index (χ0n) is 20.0. The van der Waals surface area contributed by atoms with Gasteiger partial charge in [-0.1, -0.05) is 72.8 Å². The molecule has 37 heavy (non-hydrogen) atoms. The van der Waals surface area contributed by atoms with Crippen molar-refractivity contribution in [1.29, 1.82) is 0 Å². The van der Waals surface area contributed by atoms with Crippen LogP contribution in [0.1, 0.15) is 17.5 Å². The summed E-state index contributed by atoms with van der Waals surface area (Å²) in [4.78, 5) is 51.2. The fourth-order valence-corrected chi connectivity index (χ4v) is 4.02. The molecule has 1 atom stereocenters. The summed E-state index contributed by atoms with van der Waals surface area (Å²) < 4.78 is 6.49. The quantitative estimate of drug-likeness (QED) is 0.321. The Morgan fingerprint density at radius 1 is 0.865 bits per heavy atom. The van der Waals surface area contributed by atoms with Crippen molar-refractivity contribution in [1.82, 2.24) is 4.57 Å². The summed E-state index contributed by atoms with van der Waals surface area (Å²) in [5.41, 5.74) is 0.622. The summed E-state index contributed by atoms with van der Waals surface area (Å²) in [6.07, 6.45) is 0.639. The number of aromatic nitrogens is 1. The standard InChI is InChI=1S/C29H26N2O6/c32-26-17-24(30-23(29(35)36)16-15-20-9-3-1-4-10-20)28(34)31(25-14-8-7-13-22(25)26)18-27(33)37-19-21-11-5-2-6-12-21/h1-14,17,23,30H,15-16,18-19H2,(H,35,36). The molecule has 4 aromatic rings. The number of hydrogen-bond donors (Lipinski definition) is 2. The number of hydrogen-bond acceptors (Lipinski definition) is 6. The highest BCUT2D eigenvalue weighted by Gasteiger charge is 2.21. The summed E-state index contributed by atoms with van der Waals surface area (Å²) in [6, 6.07) is 24.9. The van der Waals surface area contributed by atoms with Crippen LogP contribution in [-0.2, 0) is 33.9 Å². The maximum atomic E-state index is 13.5. The van der Waals surface area contributed by atoms with E-state index in [4.69, 9.17) is 4.74 Å². The van der Waals surface area contributed by atoms with E-state index in [0.29, 0.717) is 6.42 Å². The number of esters is 1. The number of anilines is 1. The van der Waals surface area contributed by atoms with Gasteiger partial charge in [0.2, 0.25) is 0 Å². The van der Waals surface area contributed by atoms with Crippen LogP contribution in [0.15, 0.2) is 101 Å². The monoisotopic (exact) mass is 498 g/mol. The average Bonchev–Trinajstić information content (AvgIpc) is 3.01. The molecule has 0 aliphatic carbocycles. The summed E-state index contributed by atoms with van der Waals surface area (Å²) in [5.74, 6) is -1.83. The molecule has 188 valence electrons. The number of aryl methyl sites for hydroxylation is 1. The van der Waals surface area contributed by atoms with Gasteiger partial charge in [0, 0.05) is 11.5 Å². The molecule has 8 heteroatoms. The Morgan fingerprint density at radius 3 is 2.16 bits per heavy atom. The van der Waals surface area contributed by atoms with Crippen LogP contribution in [-0.4, -0.2) is 27.7 Å². The second-order valence-electron chi connectivity index (χ2n) is 8.54. The smallest absolute Gasteiger partial charge is 0.326 e. The molecule has 0 amide bonds. The van der Waals surface area contributed by atoms with Crippen molar-refractivity contribution in [3.63, 3.8) is 0 Å². The number of rotatable bonds is 10. The SMILES string of the molecule is O=C(Cn1c(=O)c(NC(CCc2ccccc2)C(=O)O)cc(=O)c2ccccc21)OCc1ccccc1. The second kappa shape index (κ2) is 11.8. The minimum absolute atomic E-state index is 0.0315. The molecule has 0 radical (unpaired) electrons. The van der Waals surface area contributed by atoms with Gasteiger partial charge in [-0.05, 0) is 36.1 Å². The van der Waals surface area contributed by atoms with Crippen molar-refractivity contribution in [3.05, 3.63) is 123 Å². The van der Waals surface area contributed by atoms with Crippen LogP contribution >= 0.6 is 0 Å². The topological polar surface area (TPSA) is 115 Å². The number of ether oxygens (including phenoxy) is 1. The van der Waals surface area contributed by atoms with Crippen LogP contribution in [0, 0.1) is 0 Å². The van der Waals surface area contributed by atoms with Crippen molar-refractivity contribution >= 4 is 28.5 Å². The molecule has 1 heterocycles. The van der Waals surface area contributed by atoms with Gasteiger partial charge in [-0.3, -0.25) is 19.0 Å². The van der Waals surface area contributed by atoms with E-state index < -0.39 is 35.5 Å². The molecule has 0 saturated heterocycles. The Labute approximate surface area is 212 Å². The maximum Gasteiger partial charge on any atom is 0.326 e. The molecule has 0 spiro atoms. The Hall–Kier alpha value is -4.72. The largest absolute Gasteiger partial charge is 0.480 e. The predicted molar refractivity (Wildman–Crippen MR) is 141 cm³/mol. The Balaban J connectivity index is 1.65. The van der Waals surface area contributed by atoms with Crippen LogP contribution < -0.4 is 16.3 Å². The highest BCUT2D eigenvalue weighted by molar-refractivity contribution is 5.82. The lowest BCUT2D eigenvalue weighted by atomic mass is 10.1. The van der Waals surface area contributed by atoms with Gasteiger partial charge >= 0.3 is 11.9 Å². The second-order valence-corrected chi connectivity index (χ2v) is 8.54. The lowest BCUT2D eigenvalue weighted by molar-refractivity contribution is -0.145. The Morgan fingerprint density at radius 2 is 1.49 bits per heavy atom. The first-order valence-corrected chi connectivity index (χ1v) is 11.8. The number of nitrogens with one attached hydrogen (secondary N) is 1. The van der Waals surface area contributed by atoms with Gasteiger partial charge in [0.15, 0.2) is 5.43 Å². The molecule has 1 aromatic heterocycles. The van der Waals surface area contributed by atoms with E-state index >= 15 is 0 Å². The average molecular weight is 499 g/mol.